The van der Waals surface area contributed by atoms with Gasteiger partial charge in [0, 0.05) is 9.35 Å². The van der Waals surface area contributed by atoms with Crippen molar-refractivity contribution >= 4 is 38.9 Å². The molecule has 0 bridgehead atoms. The maximum atomic E-state index is 6.21. The number of aryl methyl sites for hydroxylation is 2. The number of thiophene rings is 1. The van der Waals surface area contributed by atoms with Gasteiger partial charge in [0.1, 0.15) is 0 Å². The normalized spacial score (nSPS) is 12.7. The molecule has 1 atom stereocenters. The molecule has 1 unspecified atom stereocenters. The van der Waals surface area contributed by atoms with Gasteiger partial charge in [-0.1, -0.05) is 40.5 Å². The van der Waals surface area contributed by atoms with E-state index in [1.54, 1.807) is 11.3 Å². The number of nitrogens with one attached hydrogen (secondary N) is 1. The van der Waals surface area contributed by atoms with Crippen LogP contribution in [0.25, 0.3) is 0 Å². The van der Waals surface area contributed by atoms with Crippen LogP contribution in [0.5, 0.6) is 0 Å². The summed E-state index contributed by atoms with van der Waals surface area (Å²) in [6.07, 6.45) is 0. The first-order valence-electron chi connectivity index (χ1n) is 6.27. The van der Waals surface area contributed by atoms with Gasteiger partial charge in [0.25, 0.3) is 0 Å². The first kappa shape index (κ1) is 15.0. The highest BCUT2D eigenvalue weighted by Crippen LogP contribution is 2.35. The summed E-state index contributed by atoms with van der Waals surface area (Å²) < 4.78 is 1.99. The lowest BCUT2D eigenvalue weighted by molar-refractivity contribution is 0.639. The van der Waals surface area contributed by atoms with Crippen LogP contribution in [0.3, 0.4) is 0 Å². The SMILES string of the molecule is CCNC(c1cc(C)cc(Br)c1)c1cc(C)c(Cl)s1. The Hall–Kier alpha value is -0.350. The Morgan fingerprint density at radius 1 is 1.26 bits per heavy atom. The van der Waals surface area contributed by atoms with Crippen molar-refractivity contribution in [1.29, 1.82) is 0 Å². The van der Waals surface area contributed by atoms with Crippen LogP contribution < -0.4 is 5.32 Å². The molecule has 0 saturated carbocycles. The summed E-state index contributed by atoms with van der Waals surface area (Å²) in [7, 11) is 0. The molecule has 0 amide bonds. The Morgan fingerprint density at radius 3 is 2.53 bits per heavy atom. The second-order valence-electron chi connectivity index (χ2n) is 4.66. The highest BCUT2D eigenvalue weighted by molar-refractivity contribution is 9.10. The van der Waals surface area contributed by atoms with Crippen LogP contribution in [-0.2, 0) is 0 Å². The molecule has 4 heteroatoms. The molecule has 0 aliphatic heterocycles. The molecule has 2 rings (SSSR count). The van der Waals surface area contributed by atoms with Gasteiger partial charge in [0.15, 0.2) is 0 Å². The van der Waals surface area contributed by atoms with Gasteiger partial charge in [-0.15, -0.1) is 11.3 Å². The lowest BCUT2D eigenvalue weighted by Gasteiger charge is -2.18. The van der Waals surface area contributed by atoms with Gasteiger partial charge in [0.2, 0.25) is 0 Å². The smallest absolute Gasteiger partial charge is 0.0961 e. The van der Waals surface area contributed by atoms with Gasteiger partial charge in [-0.25, -0.2) is 0 Å². The Balaban J connectivity index is 2.44. The first-order valence-corrected chi connectivity index (χ1v) is 8.26. The van der Waals surface area contributed by atoms with Crippen LogP contribution in [0.1, 0.15) is 34.5 Å². The summed E-state index contributed by atoms with van der Waals surface area (Å²) >= 11 is 11.4. The Bertz CT molecular complexity index is 540. The average molecular weight is 359 g/mol. The van der Waals surface area contributed by atoms with E-state index in [9.17, 15) is 0 Å². The van der Waals surface area contributed by atoms with Crippen LogP contribution in [0, 0.1) is 13.8 Å². The van der Waals surface area contributed by atoms with Crippen molar-refractivity contribution in [1.82, 2.24) is 5.32 Å². The molecule has 1 heterocycles. The van der Waals surface area contributed by atoms with E-state index in [4.69, 9.17) is 11.6 Å². The molecule has 19 heavy (non-hydrogen) atoms. The summed E-state index contributed by atoms with van der Waals surface area (Å²) in [5, 5.41) is 3.54. The van der Waals surface area contributed by atoms with E-state index < -0.39 is 0 Å². The monoisotopic (exact) mass is 357 g/mol. The topological polar surface area (TPSA) is 12.0 Å². The third-order valence-corrected chi connectivity index (χ3v) is 5.04. The van der Waals surface area contributed by atoms with Crippen molar-refractivity contribution in [3.8, 4) is 0 Å². The third-order valence-electron chi connectivity index (χ3n) is 2.97. The largest absolute Gasteiger partial charge is 0.306 e. The highest BCUT2D eigenvalue weighted by Gasteiger charge is 2.17. The quantitative estimate of drug-likeness (QED) is 0.763. The fourth-order valence-corrected chi connectivity index (χ4v) is 4.09. The summed E-state index contributed by atoms with van der Waals surface area (Å²) in [5.74, 6) is 0. The maximum Gasteiger partial charge on any atom is 0.0961 e. The Morgan fingerprint density at radius 2 is 2.00 bits per heavy atom. The van der Waals surface area contributed by atoms with Gasteiger partial charge >= 0.3 is 0 Å². The summed E-state index contributed by atoms with van der Waals surface area (Å²) in [5.41, 5.74) is 3.68. The number of hydrogen-bond acceptors (Lipinski definition) is 2. The molecule has 0 fully saturated rings. The van der Waals surface area contributed by atoms with Crippen LogP contribution >= 0.6 is 38.9 Å². The molecule has 2 aromatic rings. The third kappa shape index (κ3) is 3.60. The zero-order valence-corrected chi connectivity index (χ0v) is 14.4. The van der Waals surface area contributed by atoms with E-state index in [2.05, 4.69) is 66.3 Å². The summed E-state index contributed by atoms with van der Waals surface area (Å²) in [6, 6.07) is 8.90. The van der Waals surface area contributed by atoms with Crippen molar-refractivity contribution in [3.05, 3.63) is 54.6 Å². The fraction of sp³-hybridized carbons (Fsp3) is 0.333. The van der Waals surface area contributed by atoms with Crippen molar-refractivity contribution in [3.63, 3.8) is 0 Å². The minimum atomic E-state index is 0.206. The van der Waals surface area contributed by atoms with Crippen LogP contribution in [0.2, 0.25) is 4.34 Å². The predicted octanol–water partition coefficient (Wildman–Crippen LogP) is 5.48. The lowest BCUT2D eigenvalue weighted by atomic mass is 10.0. The van der Waals surface area contributed by atoms with Gasteiger partial charge in [0.05, 0.1) is 10.4 Å². The van der Waals surface area contributed by atoms with Crippen molar-refractivity contribution in [2.75, 3.05) is 6.54 Å². The standard InChI is InChI=1S/C15H17BrClNS/c1-4-18-14(13-7-10(3)15(17)19-13)11-5-9(2)6-12(16)8-11/h5-8,14,18H,4H2,1-3H3. The van der Waals surface area contributed by atoms with E-state index in [-0.39, 0.29) is 6.04 Å². The molecule has 0 saturated heterocycles. The number of benzene rings is 1. The second kappa shape index (κ2) is 6.40. The molecule has 1 aromatic heterocycles. The maximum absolute atomic E-state index is 6.21. The zero-order chi connectivity index (χ0) is 14.0. The number of rotatable bonds is 4. The lowest BCUT2D eigenvalue weighted by Crippen LogP contribution is -2.21. The molecule has 1 N–H and O–H groups in total. The second-order valence-corrected chi connectivity index (χ2v) is 7.26. The number of halogens is 2. The van der Waals surface area contributed by atoms with Gasteiger partial charge in [-0.3, -0.25) is 0 Å². The summed E-state index contributed by atoms with van der Waals surface area (Å²) in [4.78, 5) is 1.27. The van der Waals surface area contributed by atoms with Gasteiger partial charge in [-0.2, -0.15) is 0 Å². The van der Waals surface area contributed by atoms with Crippen LogP contribution in [0.4, 0.5) is 0 Å². The van der Waals surface area contributed by atoms with Crippen LogP contribution in [0.15, 0.2) is 28.7 Å². The van der Waals surface area contributed by atoms with E-state index in [1.807, 2.05) is 0 Å². The van der Waals surface area contributed by atoms with E-state index >= 15 is 0 Å². The number of hydrogen-bond donors (Lipinski definition) is 1. The molecule has 0 radical (unpaired) electrons. The minimum Gasteiger partial charge on any atom is -0.306 e. The molecule has 1 nitrogen and oxygen atoms in total. The molecule has 0 spiro atoms. The zero-order valence-electron chi connectivity index (χ0n) is 11.3. The molecular formula is C15H17BrClNS. The highest BCUT2D eigenvalue weighted by atomic mass is 79.9. The van der Waals surface area contributed by atoms with Crippen molar-refractivity contribution < 1.29 is 0 Å². The summed E-state index contributed by atoms with van der Waals surface area (Å²) in [6.45, 7) is 7.21. The average Bonchev–Trinajstić information content (AvgIpc) is 2.65. The molecule has 0 aliphatic rings. The Kier molecular flexibility index (Phi) is 5.07. The minimum absolute atomic E-state index is 0.206. The van der Waals surface area contributed by atoms with E-state index in [0.29, 0.717) is 0 Å². The van der Waals surface area contributed by atoms with Crippen LogP contribution in [-0.4, -0.2) is 6.54 Å². The first-order chi connectivity index (χ1) is 9.01. The van der Waals surface area contributed by atoms with E-state index in [0.717, 1.165) is 20.9 Å². The molecule has 1 aromatic carbocycles. The van der Waals surface area contributed by atoms with E-state index in [1.165, 1.54) is 16.0 Å². The van der Waals surface area contributed by atoms with Crippen molar-refractivity contribution in [2.45, 2.75) is 26.8 Å². The fourth-order valence-electron chi connectivity index (χ4n) is 2.14. The molecule has 102 valence electrons. The predicted molar refractivity (Wildman–Crippen MR) is 88.5 cm³/mol. The Labute approximate surface area is 132 Å². The van der Waals surface area contributed by atoms with Gasteiger partial charge in [-0.05, 0) is 55.3 Å². The van der Waals surface area contributed by atoms with Crippen molar-refractivity contribution in [2.24, 2.45) is 0 Å². The molecule has 0 aliphatic carbocycles. The molecular weight excluding hydrogens is 342 g/mol. The van der Waals surface area contributed by atoms with Gasteiger partial charge < -0.3 is 5.32 Å².